The van der Waals surface area contributed by atoms with Gasteiger partial charge in [-0.05, 0) is 30.9 Å². The van der Waals surface area contributed by atoms with Crippen molar-refractivity contribution in [3.8, 4) is 0 Å². The van der Waals surface area contributed by atoms with Crippen LogP contribution >= 0.6 is 0 Å². The predicted octanol–water partition coefficient (Wildman–Crippen LogP) is 2.33. The van der Waals surface area contributed by atoms with Crippen LogP contribution in [0.3, 0.4) is 0 Å². The number of hydrogen-bond donors (Lipinski definition) is 2. The number of rotatable bonds is 5. The molecule has 0 saturated heterocycles. The smallest absolute Gasteiger partial charge is 0.0477 e. The largest absolute Gasteiger partial charge is 0.271 e. The van der Waals surface area contributed by atoms with Gasteiger partial charge in [-0.2, -0.15) is 0 Å². The van der Waals surface area contributed by atoms with E-state index in [2.05, 4.69) is 30.3 Å². The summed E-state index contributed by atoms with van der Waals surface area (Å²) in [5.41, 5.74) is 5.07. The fourth-order valence-electron chi connectivity index (χ4n) is 1.55. The maximum atomic E-state index is 5.57. The Bertz CT molecular complexity index is 281. The highest BCUT2D eigenvalue weighted by Crippen LogP contribution is 2.21. The average Bonchev–Trinajstić information content (AvgIpc) is 2.27. The Hall–Kier alpha value is -0.930. The third-order valence-electron chi connectivity index (χ3n) is 2.87. The van der Waals surface area contributed by atoms with E-state index in [0.29, 0.717) is 5.92 Å². The van der Waals surface area contributed by atoms with Crippen LogP contribution < -0.4 is 11.3 Å². The lowest BCUT2D eigenvalue weighted by molar-refractivity contribution is 0.407. The van der Waals surface area contributed by atoms with Crippen molar-refractivity contribution in [2.75, 3.05) is 0 Å². The van der Waals surface area contributed by atoms with Gasteiger partial charge in [0.1, 0.15) is 0 Å². The number of aromatic nitrogens is 1. The molecule has 0 fully saturated rings. The number of hydrogen-bond acceptors (Lipinski definition) is 3. The van der Waals surface area contributed by atoms with E-state index in [-0.39, 0.29) is 6.04 Å². The molecule has 1 aromatic rings. The van der Waals surface area contributed by atoms with Crippen LogP contribution in [0.1, 0.15) is 44.0 Å². The molecule has 1 heterocycles. The molecule has 1 aromatic heterocycles. The van der Waals surface area contributed by atoms with Gasteiger partial charge in [-0.15, -0.1) is 0 Å². The Morgan fingerprint density at radius 1 is 1.47 bits per heavy atom. The molecule has 0 spiro atoms. The Balaban J connectivity index is 2.69. The van der Waals surface area contributed by atoms with Gasteiger partial charge in [-0.3, -0.25) is 16.3 Å². The highest BCUT2D eigenvalue weighted by Gasteiger charge is 2.12. The van der Waals surface area contributed by atoms with E-state index >= 15 is 0 Å². The molecule has 0 aromatic carbocycles. The van der Waals surface area contributed by atoms with Gasteiger partial charge in [0.2, 0.25) is 0 Å². The van der Waals surface area contributed by atoms with Gasteiger partial charge in [0, 0.05) is 17.9 Å². The van der Waals surface area contributed by atoms with Crippen LogP contribution in [0, 0.1) is 12.8 Å². The van der Waals surface area contributed by atoms with Crippen LogP contribution in [-0.2, 0) is 0 Å². The number of pyridine rings is 1. The number of nitrogens with zero attached hydrogens (tertiary/aromatic N) is 1. The SMILES string of the molecule is CCC(C)CC(NN)c1ccc(C)nc1. The standard InChI is InChI=1S/C12H21N3/c1-4-9(2)7-12(15-13)11-6-5-10(3)14-8-11/h5-6,8-9,12,15H,4,7,13H2,1-3H3. The first-order valence-electron chi connectivity index (χ1n) is 5.56. The summed E-state index contributed by atoms with van der Waals surface area (Å²) < 4.78 is 0. The van der Waals surface area contributed by atoms with E-state index in [9.17, 15) is 0 Å². The second-order valence-electron chi connectivity index (χ2n) is 4.20. The van der Waals surface area contributed by atoms with Crippen molar-refractivity contribution in [1.82, 2.24) is 10.4 Å². The summed E-state index contributed by atoms with van der Waals surface area (Å²) in [7, 11) is 0. The van der Waals surface area contributed by atoms with Gasteiger partial charge in [0.15, 0.2) is 0 Å². The van der Waals surface area contributed by atoms with Crippen LogP contribution in [0.2, 0.25) is 0 Å². The molecule has 3 nitrogen and oxygen atoms in total. The minimum absolute atomic E-state index is 0.216. The van der Waals surface area contributed by atoms with Gasteiger partial charge in [-0.1, -0.05) is 26.3 Å². The van der Waals surface area contributed by atoms with Crippen LogP contribution in [-0.4, -0.2) is 4.98 Å². The molecular weight excluding hydrogens is 186 g/mol. The Labute approximate surface area is 92.1 Å². The molecule has 2 unspecified atom stereocenters. The zero-order valence-corrected chi connectivity index (χ0v) is 9.83. The first-order valence-corrected chi connectivity index (χ1v) is 5.56. The van der Waals surface area contributed by atoms with Crippen LogP contribution in [0.5, 0.6) is 0 Å². The maximum absolute atomic E-state index is 5.57. The summed E-state index contributed by atoms with van der Waals surface area (Å²) in [5, 5.41) is 0. The number of aryl methyl sites for hydroxylation is 1. The van der Waals surface area contributed by atoms with Crippen molar-refractivity contribution < 1.29 is 0 Å². The fourth-order valence-corrected chi connectivity index (χ4v) is 1.55. The minimum atomic E-state index is 0.216. The zero-order chi connectivity index (χ0) is 11.3. The summed E-state index contributed by atoms with van der Waals surface area (Å²) in [4.78, 5) is 4.29. The second kappa shape index (κ2) is 5.83. The lowest BCUT2D eigenvalue weighted by Crippen LogP contribution is -2.29. The van der Waals surface area contributed by atoms with Crippen LogP contribution in [0.25, 0.3) is 0 Å². The summed E-state index contributed by atoms with van der Waals surface area (Å²) in [5.74, 6) is 6.24. The lowest BCUT2D eigenvalue weighted by Gasteiger charge is -2.19. The monoisotopic (exact) mass is 207 g/mol. The van der Waals surface area contributed by atoms with E-state index in [1.165, 1.54) is 12.0 Å². The second-order valence-corrected chi connectivity index (χ2v) is 4.20. The number of nitrogens with one attached hydrogen (secondary N) is 1. The molecule has 1 rings (SSSR count). The Morgan fingerprint density at radius 2 is 2.20 bits per heavy atom. The molecule has 84 valence electrons. The molecule has 3 heteroatoms. The van der Waals surface area contributed by atoms with Crippen molar-refractivity contribution >= 4 is 0 Å². The van der Waals surface area contributed by atoms with Gasteiger partial charge < -0.3 is 0 Å². The van der Waals surface area contributed by atoms with Crippen molar-refractivity contribution in [2.24, 2.45) is 11.8 Å². The summed E-state index contributed by atoms with van der Waals surface area (Å²) in [6, 6.07) is 4.33. The van der Waals surface area contributed by atoms with Gasteiger partial charge in [0.05, 0.1) is 0 Å². The van der Waals surface area contributed by atoms with E-state index in [4.69, 9.17) is 5.84 Å². The van der Waals surface area contributed by atoms with Crippen molar-refractivity contribution in [2.45, 2.75) is 39.7 Å². The molecule has 0 aliphatic carbocycles. The zero-order valence-electron chi connectivity index (χ0n) is 9.83. The van der Waals surface area contributed by atoms with Crippen molar-refractivity contribution in [3.05, 3.63) is 29.6 Å². The maximum Gasteiger partial charge on any atom is 0.0477 e. The van der Waals surface area contributed by atoms with Crippen LogP contribution in [0.15, 0.2) is 18.3 Å². The molecule has 0 bridgehead atoms. The van der Waals surface area contributed by atoms with E-state index in [0.717, 1.165) is 12.1 Å². The third kappa shape index (κ3) is 3.61. The molecule has 0 aliphatic rings. The highest BCUT2D eigenvalue weighted by atomic mass is 15.2. The Kier molecular flexibility index (Phi) is 4.72. The molecule has 0 aliphatic heterocycles. The van der Waals surface area contributed by atoms with E-state index < -0.39 is 0 Å². The molecule has 3 N–H and O–H groups in total. The fraction of sp³-hybridized carbons (Fsp3) is 0.583. The minimum Gasteiger partial charge on any atom is -0.271 e. The van der Waals surface area contributed by atoms with Gasteiger partial charge in [0.25, 0.3) is 0 Å². The predicted molar refractivity (Wildman–Crippen MR) is 63.1 cm³/mol. The normalized spacial score (nSPS) is 14.9. The molecular formula is C12H21N3. The highest BCUT2D eigenvalue weighted by molar-refractivity contribution is 5.17. The van der Waals surface area contributed by atoms with Gasteiger partial charge in [-0.25, -0.2) is 0 Å². The van der Waals surface area contributed by atoms with E-state index in [1.807, 2.05) is 19.2 Å². The summed E-state index contributed by atoms with van der Waals surface area (Å²) >= 11 is 0. The summed E-state index contributed by atoms with van der Waals surface area (Å²) in [6.07, 6.45) is 4.14. The molecule has 0 saturated carbocycles. The quantitative estimate of drug-likeness (QED) is 0.575. The topological polar surface area (TPSA) is 50.9 Å². The van der Waals surface area contributed by atoms with Crippen molar-refractivity contribution in [3.63, 3.8) is 0 Å². The number of hydrazine groups is 1. The first-order chi connectivity index (χ1) is 7.17. The molecule has 0 amide bonds. The third-order valence-corrected chi connectivity index (χ3v) is 2.87. The average molecular weight is 207 g/mol. The van der Waals surface area contributed by atoms with E-state index in [1.54, 1.807) is 0 Å². The molecule has 0 radical (unpaired) electrons. The molecule has 2 atom stereocenters. The summed E-state index contributed by atoms with van der Waals surface area (Å²) in [6.45, 7) is 6.43. The lowest BCUT2D eigenvalue weighted by atomic mass is 9.95. The van der Waals surface area contributed by atoms with Crippen molar-refractivity contribution in [1.29, 1.82) is 0 Å². The first kappa shape index (κ1) is 12.1. The number of nitrogens with two attached hydrogens (primary N) is 1. The molecule has 15 heavy (non-hydrogen) atoms. The van der Waals surface area contributed by atoms with Crippen LogP contribution in [0.4, 0.5) is 0 Å². The van der Waals surface area contributed by atoms with Gasteiger partial charge >= 0.3 is 0 Å². The Morgan fingerprint density at radius 3 is 2.67 bits per heavy atom.